The zero-order chi connectivity index (χ0) is 12.3. The Hall–Kier alpha value is -0.120. The predicted molar refractivity (Wildman–Crippen MR) is 68.5 cm³/mol. The summed E-state index contributed by atoms with van der Waals surface area (Å²) < 4.78 is 5.76. The van der Waals surface area contributed by atoms with Crippen LogP contribution in [0.25, 0.3) is 0 Å². The first-order valence-electron chi connectivity index (χ1n) is 6.41. The fraction of sp³-hybridized carbons (Fsp3) is 1.00. The van der Waals surface area contributed by atoms with Crippen LogP contribution in [0.2, 0.25) is 0 Å². The van der Waals surface area contributed by atoms with Crippen LogP contribution in [0.1, 0.15) is 41.0 Å². The molecular weight excluding hydrogens is 200 g/mol. The molecule has 0 radical (unpaired) electrons. The van der Waals surface area contributed by atoms with E-state index >= 15 is 0 Å². The quantitative estimate of drug-likeness (QED) is 0.801. The van der Waals surface area contributed by atoms with Gasteiger partial charge in [-0.25, -0.2) is 0 Å². The zero-order valence-electron chi connectivity index (χ0n) is 11.5. The molecule has 96 valence electrons. The summed E-state index contributed by atoms with van der Waals surface area (Å²) in [6, 6.07) is 0.494. The molecule has 0 aliphatic carbocycles. The van der Waals surface area contributed by atoms with Crippen LogP contribution >= 0.6 is 0 Å². The van der Waals surface area contributed by atoms with E-state index < -0.39 is 0 Å². The van der Waals surface area contributed by atoms with Crippen molar-refractivity contribution in [2.24, 2.45) is 11.1 Å². The Balaban J connectivity index is 2.58. The van der Waals surface area contributed by atoms with Gasteiger partial charge in [0.05, 0.1) is 12.2 Å². The summed E-state index contributed by atoms with van der Waals surface area (Å²) in [6.07, 6.45) is 1.82. The maximum Gasteiger partial charge on any atom is 0.0678 e. The smallest absolute Gasteiger partial charge is 0.0678 e. The second-order valence-corrected chi connectivity index (χ2v) is 6.37. The first kappa shape index (κ1) is 13.9. The molecule has 3 atom stereocenters. The van der Waals surface area contributed by atoms with E-state index in [1.165, 1.54) is 0 Å². The lowest BCUT2D eigenvalue weighted by atomic mass is 9.87. The van der Waals surface area contributed by atoms with E-state index in [2.05, 4.69) is 39.5 Å². The zero-order valence-corrected chi connectivity index (χ0v) is 11.5. The molecule has 3 nitrogen and oxygen atoms in total. The summed E-state index contributed by atoms with van der Waals surface area (Å²) in [7, 11) is 0. The molecular formula is C13H28N2O. The third-order valence-corrected chi connectivity index (χ3v) is 3.08. The van der Waals surface area contributed by atoms with E-state index in [4.69, 9.17) is 10.5 Å². The van der Waals surface area contributed by atoms with Crippen LogP contribution in [0.4, 0.5) is 0 Å². The summed E-state index contributed by atoms with van der Waals surface area (Å²) in [4.78, 5) is 2.50. The lowest BCUT2D eigenvalue weighted by Gasteiger charge is -2.41. The number of nitrogens with zero attached hydrogens (tertiary/aromatic N) is 1. The Kier molecular flexibility index (Phi) is 4.77. The SMILES string of the molecule is CC1CN(C(CN)CC(C)(C)C)CC(C)O1. The van der Waals surface area contributed by atoms with Crippen molar-refractivity contribution in [2.45, 2.75) is 59.3 Å². The highest BCUT2D eigenvalue weighted by Gasteiger charge is 2.29. The molecule has 1 saturated heterocycles. The molecule has 1 fully saturated rings. The van der Waals surface area contributed by atoms with Gasteiger partial charge in [-0.1, -0.05) is 20.8 Å². The van der Waals surface area contributed by atoms with E-state index in [-0.39, 0.29) is 0 Å². The Bertz CT molecular complexity index is 202. The van der Waals surface area contributed by atoms with Crippen molar-refractivity contribution >= 4 is 0 Å². The van der Waals surface area contributed by atoms with E-state index in [0.29, 0.717) is 23.7 Å². The van der Waals surface area contributed by atoms with E-state index in [1.54, 1.807) is 0 Å². The van der Waals surface area contributed by atoms with Gasteiger partial charge >= 0.3 is 0 Å². The van der Waals surface area contributed by atoms with Gasteiger partial charge in [-0.3, -0.25) is 4.90 Å². The van der Waals surface area contributed by atoms with E-state index in [9.17, 15) is 0 Å². The molecule has 1 rings (SSSR count). The molecule has 16 heavy (non-hydrogen) atoms. The van der Waals surface area contributed by atoms with Crippen LogP contribution in [0.5, 0.6) is 0 Å². The van der Waals surface area contributed by atoms with Gasteiger partial charge in [0.1, 0.15) is 0 Å². The molecule has 0 spiro atoms. The topological polar surface area (TPSA) is 38.5 Å². The van der Waals surface area contributed by atoms with Crippen LogP contribution in [-0.4, -0.2) is 42.8 Å². The molecule has 3 unspecified atom stereocenters. The van der Waals surface area contributed by atoms with Gasteiger partial charge in [0.2, 0.25) is 0 Å². The highest BCUT2D eigenvalue weighted by Crippen LogP contribution is 2.25. The fourth-order valence-corrected chi connectivity index (χ4v) is 2.58. The van der Waals surface area contributed by atoms with Crippen LogP contribution in [0.15, 0.2) is 0 Å². The van der Waals surface area contributed by atoms with Gasteiger partial charge in [-0.05, 0) is 25.7 Å². The minimum absolute atomic E-state index is 0.331. The standard InChI is InChI=1S/C13H28N2O/c1-10-8-15(9-11(2)16-10)12(7-14)6-13(3,4)5/h10-12H,6-9,14H2,1-5H3. The maximum atomic E-state index is 5.92. The number of hydrogen-bond acceptors (Lipinski definition) is 3. The van der Waals surface area contributed by atoms with E-state index in [0.717, 1.165) is 26.1 Å². The first-order valence-corrected chi connectivity index (χ1v) is 6.41. The minimum atomic E-state index is 0.331. The van der Waals surface area contributed by atoms with Gasteiger partial charge < -0.3 is 10.5 Å². The molecule has 0 aromatic carbocycles. The van der Waals surface area contributed by atoms with Crippen molar-refractivity contribution in [3.63, 3.8) is 0 Å². The summed E-state index contributed by atoms with van der Waals surface area (Å²) >= 11 is 0. The van der Waals surface area contributed by atoms with Gasteiger partial charge in [0.15, 0.2) is 0 Å². The van der Waals surface area contributed by atoms with Gasteiger partial charge in [-0.2, -0.15) is 0 Å². The van der Waals surface area contributed by atoms with Crippen LogP contribution in [0, 0.1) is 5.41 Å². The third kappa shape index (κ3) is 4.40. The molecule has 0 saturated carbocycles. The molecule has 0 bridgehead atoms. The number of morpholine rings is 1. The molecule has 1 aliphatic rings. The molecule has 0 aromatic heterocycles. The Morgan fingerprint density at radius 2 is 1.75 bits per heavy atom. The molecule has 3 heteroatoms. The van der Waals surface area contributed by atoms with Crippen molar-refractivity contribution in [1.82, 2.24) is 4.90 Å². The monoisotopic (exact) mass is 228 g/mol. The normalized spacial score (nSPS) is 30.4. The van der Waals surface area contributed by atoms with E-state index in [1.807, 2.05) is 0 Å². The molecule has 0 aromatic rings. The summed E-state index contributed by atoms with van der Waals surface area (Å²) in [6.45, 7) is 13.9. The lowest BCUT2D eigenvalue weighted by Crippen LogP contribution is -2.53. The molecule has 0 amide bonds. The molecule has 1 aliphatic heterocycles. The number of nitrogens with two attached hydrogens (primary N) is 1. The minimum Gasteiger partial charge on any atom is -0.373 e. The number of hydrogen-bond donors (Lipinski definition) is 1. The summed E-state index contributed by atoms with van der Waals surface area (Å²) in [5, 5.41) is 0. The van der Waals surface area contributed by atoms with Crippen molar-refractivity contribution < 1.29 is 4.74 Å². The average molecular weight is 228 g/mol. The van der Waals surface area contributed by atoms with Gasteiger partial charge in [-0.15, -0.1) is 0 Å². The Labute approximate surface area is 100 Å². The average Bonchev–Trinajstić information content (AvgIpc) is 2.11. The van der Waals surface area contributed by atoms with Crippen LogP contribution in [0.3, 0.4) is 0 Å². The van der Waals surface area contributed by atoms with Gasteiger partial charge in [0, 0.05) is 25.7 Å². The first-order chi connectivity index (χ1) is 7.31. The number of rotatable bonds is 3. The maximum absolute atomic E-state index is 5.92. The highest BCUT2D eigenvalue weighted by molar-refractivity contribution is 4.83. The van der Waals surface area contributed by atoms with Crippen molar-refractivity contribution in [2.75, 3.05) is 19.6 Å². The summed E-state index contributed by atoms with van der Waals surface area (Å²) in [5.74, 6) is 0. The second-order valence-electron chi connectivity index (χ2n) is 6.37. The van der Waals surface area contributed by atoms with Crippen molar-refractivity contribution in [3.05, 3.63) is 0 Å². The van der Waals surface area contributed by atoms with Crippen molar-refractivity contribution in [3.8, 4) is 0 Å². The fourth-order valence-electron chi connectivity index (χ4n) is 2.58. The molecule has 1 heterocycles. The predicted octanol–water partition coefficient (Wildman–Crippen LogP) is 1.86. The van der Waals surface area contributed by atoms with Crippen molar-refractivity contribution in [1.29, 1.82) is 0 Å². The van der Waals surface area contributed by atoms with Crippen LogP contribution in [-0.2, 0) is 4.74 Å². The Morgan fingerprint density at radius 3 is 2.12 bits per heavy atom. The summed E-state index contributed by atoms with van der Waals surface area (Å²) in [5.41, 5.74) is 6.26. The van der Waals surface area contributed by atoms with Gasteiger partial charge in [0.25, 0.3) is 0 Å². The second kappa shape index (κ2) is 5.48. The Morgan fingerprint density at radius 1 is 1.25 bits per heavy atom. The highest BCUT2D eigenvalue weighted by atomic mass is 16.5. The third-order valence-electron chi connectivity index (χ3n) is 3.08. The largest absolute Gasteiger partial charge is 0.373 e. The number of ether oxygens (including phenoxy) is 1. The van der Waals surface area contributed by atoms with Crippen LogP contribution < -0.4 is 5.73 Å². The molecule has 2 N–H and O–H groups in total. The lowest BCUT2D eigenvalue weighted by molar-refractivity contribution is -0.0829.